The standard InChI is InChI=1S/C13H9FO5S/c14-20(17,18)12-6-4-10(5-7-12)19-11-3-1-2-9(8-11)13(15)16/h1-8H,(H,15,16). The fourth-order valence-electron chi connectivity index (χ4n) is 1.50. The van der Waals surface area contributed by atoms with Crippen LogP contribution in [0.15, 0.2) is 53.4 Å². The Hall–Kier alpha value is -2.41. The van der Waals surface area contributed by atoms with Gasteiger partial charge in [-0.25, -0.2) is 4.79 Å². The molecule has 0 heterocycles. The number of ether oxygens (including phenoxy) is 1. The Morgan fingerprint density at radius 1 is 1.05 bits per heavy atom. The number of carboxylic acid groups (broad SMARTS) is 1. The smallest absolute Gasteiger partial charge is 0.335 e. The first kappa shape index (κ1) is 14.0. The molecule has 0 saturated heterocycles. The number of carbonyl (C=O) groups is 1. The second-order valence-corrected chi connectivity index (χ2v) is 5.19. The van der Waals surface area contributed by atoms with Crippen molar-refractivity contribution in [3.05, 3.63) is 54.1 Å². The van der Waals surface area contributed by atoms with Crippen LogP contribution in [0.25, 0.3) is 0 Å². The van der Waals surface area contributed by atoms with Crippen LogP contribution >= 0.6 is 0 Å². The zero-order chi connectivity index (χ0) is 14.8. The van der Waals surface area contributed by atoms with Crippen LogP contribution in [0, 0.1) is 0 Å². The molecule has 0 atom stereocenters. The summed E-state index contributed by atoms with van der Waals surface area (Å²) < 4.78 is 39.3. The van der Waals surface area contributed by atoms with Crippen molar-refractivity contribution in [3.8, 4) is 11.5 Å². The first-order chi connectivity index (χ1) is 9.36. The predicted octanol–water partition coefficient (Wildman–Crippen LogP) is 2.84. The maximum atomic E-state index is 12.7. The van der Waals surface area contributed by atoms with Gasteiger partial charge < -0.3 is 9.84 Å². The monoisotopic (exact) mass is 296 g/mol. The summed E-state index contributed by atoms with van der Waals surface area (Å²) >= 11 is 0. The average molecular weight is 296 g/mol. The Labute approximate surface area is 114 Å². The quantitative estimate of drug-likeness (QED) is 0.877. The van der Waals surface area contributed by atoms with Gasteiger partial charge in [-0.3, -0.25) is 0 Å². The van der Waals surface area contributed by atoms with Gasteiger partial charge in [0.25, 0.3) is 0 Å². The molecule has 0 spiro atoms. The fraction of sp³-hybridized carbons (Fsp3) is 0. The zero-order valence-corrected chi connectivity index (χ0v) is 10.8. The molecule has 0 aromatic heterocycles. The minimum Gasteiger partial charge on any atom is -0.478 e. The Kier molecular flexibility index (Phi) is 3.71. The van der Waals surface area contributed by atoms with E-state index in [1.165, 1.54) is 30.3 Å². The largest absolute Gasteiger partial charge is 0.478 e. The fourth-order valence-corrected chi connectivity index (χ4v) is 1.96. The second kappa shape index (κ2) is 5.30. The molecule has 20 heavy (non-hydrogen) atoms. The van der Waals surface area contributed by atoms with Crippen molar-refractivity contribution in [1.29, 1.82) is 0 Å². The molecular formula is C13H9FO5S. The van der Waals surface area contributed by atoms with E-state index in [1.54, 1.807) is 6.07 Å². The van der Waals surface area contributed by atoms with E-state index in [0.717, 1.165) is 12.1 Å². The number of benzene rings is 2. The van der Waals surface area contributed by atoms with Crippen molar-refractivity contribution in [2.45, 2.75) is 4.90 Å². The highest BCUT2D eigenvalue weighted by Crippen LogP contribution is 2.24. The van der Waals surface area contributed by atoms with Gasteiger partial charge in [0.05, 0.1) is 10.5 Å². The molecule has 0 unspecified atom stereocenters. The molecule has 0 saturated carbocycles. The van der Waals surface area contributed by atoms with Crippen molar-refractivity contribution < 1.29 is 26.9 Å². The van der Waals surface area contributed by atoms with E-state index < -0.39 is 21.1 Å². The summed E-state index contributed by atoms with van der Waals surface area (Å²) in [6.07, 6.45) is 0. The zero-order valence-electron chi connectivity index (χ0n) is 9.99. The molecule has 0 radical (unpaired) electrons. The minimum atomic E-state index is -4.74. The van der Waals surface area contributed by atoms with E-state index in [4.69, 9.17) is 9.84 Å². The van der Waals surface area contributed by atoms with Crippen LogP contribution in [0.5, 0.6) is 11.5 Å². The molecular weight excluding hydrogens is 287 g/mol. The Morgan fingerprint density at radius 2 is 1.70 bits per heavy atom. The maximum Gasteiger partial charge on any atom is 0.335 e. The molecule has 0 fully saturated rings. The van der Waals surface area contributed by atoms with E-state index in [2.05, 4.69) is 0 Å². The highest BCUT2D eigenvalue weighted by molar-refractivity contribution is 7.86. The molecule has 2 rings (SSSR count). The van der Waals surface area contributed by atoms with Gasteiger partial charge in [0.15, 0.2) is 0 Å². The van der Waals surface area contributed by atoms with Crippen LogP contribution in [-0.2, 0) is 10.2 Å². The maximum absolute atomic E-state index is 12.7. The first-order valence-corrected chi connectivity index (χ1v) is 6.80. The molecule has 0 aliphatic rings. The lowest BCUT2D eigenvalue weighted by molar-refractivity contribution is 0.0696. The van der Waals surface area contributed by atoms with E-state index in [9.17, 15) is 17.1 Å². The van der Waals surface area contributed by atoms with Gasteiger partial charge in [-0.2, -0.15) is 8.42 Å². The van der Waals surface area contributed by atoms with Crippen LogP contribution in [0.4, 0.5) is 3.89 Å². The Morgan fingerprint density at radius 3 is 2.25 bits per heavy atom. The molecule has 2 aromatic rings. The third kappa shape index (κ3) is 3.33. The van der Waals surface area contributed by atoms with Crippen molar-refractivity contribution >= 4 is 16.2 Å². The lowest BCUT2D eigenvalue weighted by Gasteiger charge is -2.06. The summed E-state index contributed by atoms with van der Waals surface area (Å²) in [6, 6.07) is 10.5. The highest BCUT2D eigenvalue weighted by atomic mass is 32.3. The number of carboxylic acids is 1. The minimum absolute atomic E-state index is 0.0606. The molecule has 7 heteroatoms. The third-order valence-electron chi connectivity index (χ3n) is 2.42. The van der Waals surface area contributed by atoms with Crippen molar-refractivity contribution in [3.63, 3.8) is 0 Å². The van der Waals surface area contributed by atoms with Crippen LogP contribution in [-0.4, -0.2) is 19.5 Å². The molecule has 0 amide bonds. The van der Waals surface area contributed by atoms with Gasteiger partial charge >= 0.3 is 16.2 Å². The Bertz CT molecular complexity index is 738. The molecule has 0 bridgehead atoms. The van der Waals surface area contributed by atoms with Crippen LogP contribution in [0.3, 0.4) is 0 Å². The molecule has 2 aromatic carbocycles. The van der Waals surface area contributed by atoms with Gasteiger partial charge in [-0.1, -0.05) is 6.07 Å². The number of halogens is 1. The van der Waals surface area contributed by atoms with E-state index in [-0.39, 0.29) is 17.1 Å². The summed E-state index contributed by atoms with van der Waals surface area (Å²) in [4.78, 5) is 10.3. The third-order valence-corrected chi connectivity index (χ3v) is 3.26. The van der Waals surface area contributed by atoms with Crippen molar-refractivity contribution in [1.82, 2.24) is 0 Å². The summed E-state index contributed by atoms with van der Waals surface area (Å²) in [6.45, 7) is 0. The molecule has 104 valence electrons. The van der Waals surface area contributed by atoms with Gasteiger partial charge in [0.1, 0.15) is 11.5 Å². The molecule has 0 aliphatic carbocycles. The summed E-state index contributed by atoms with van der Waals surface area (Å²) in [5.41, 5.74) is 0.0606. The van der Waals surface area contributed by atoms with Crippen molar-refractivity contribution in [2.75, 3.05) is 0 Å². The van der Waals surface area contributed by atoms with Crippen molar-refractivity contribution in [2.24, 2.45) is 0 Å². The normalized spacial score (nSPS) is 11.1. The number of aromatic carboxylic acids is 1. The van der Waals surface area contributed by atoms with Crippen LogP contribution in [0.2, 0.25) is 0 Å². The highest BCUT2D eigenvalue weighted by Gasteiger charge is 2.11. The molecule has 5 nitrogen and oxygen atoms in total. The summed E-state index contributed by atoms with van der Waals surface area (Å²) in [5.74, 6) is -0.546. The number of hydrogen-bond acceptors (Lipinski definition) is 4. The molecule has 0 aliphatic heterocycles. The van der Waals surface area contributed by atoms with Crippen LogP contribution in [0.1, 0.15) is 10.4 Å². The SMILES string of the molecule is O=C(O)c1cccc(Oc2ccc(S(=O)(=O)F)cc2)c1. The van der Waals surface area contributed by atoms with E-state index >= 15 is 0 Å². The Balaban J connectivity index is 2.22. The van der Waals surface area contributed by atoms with Gasteiger partial charge in [0.2, 0.25) is 0 Å². The number of rotatable bonds is 4. The molecule has 1 N–H and O–H groups in total. The van der Waals surface area contributed by atoms with Gasteiger partial charge in [-0.05, 0) is 42.5 Å². The van der Waals surface area contributed by atoms with E-state index in [0.29, 0.717) is 0 Å². The predicted molar refractivity (Wildman–Crippen MR) is 68.2 cm³/mol. The topological polar surface area (TPSA) is 80.7 Å². The lowest BCUT2D eigenvalue weighted by atomic mass is 10.2. The lowest BCUT2D eigenvalue weighted by Crippen LogP contribution is -1.96. The van der Waals surface area contributed by atoms with Crippen LogP contribution < -0.4 is 4.74 Å². The second-order valence-electron chi connectivity index (χ2n) is 3.84. The summed E-state index contributed by atoms with van der Waals surface area (Å²) in [5, 5.41) is 8.84. The number of hydrogen-bond donors (Lipinski definition) is 1. The first-order valence-electron chi connectivity index (χ1n) is 5.42. The van der Waals surface area contributed by atoms with E-state index in [1.807, 2.05) is 0 Å². The summed E-state index contributed by atoms with van der Waals surface area (Å²) in [7, 11) is -4.74. The van der Waals surface area contributed by atoms with Gasteiger partial charge in [0, 0.05) is 0 Å². The average Bonchev–Trinajstić information content (AvgIpc) is 2.38. The van der Waals surface area contributed by atoms with Gasteiger partial charge in [-0.15, -0.1) is 3.89 Å².